The zero-order chi connectivity index (χ0) is 9.68. The van der Waals surface area contributed by atoms with Crippen molar-refractivity contribution >= 4 is 11.8 Å². The van der Waals surface area contributed by atoms with Crippen molar-refractivity contribution in [1.82, 2.24) is 0 Å². The van der Waals surface area contributed by atoms with Gasteiger partial charge in [0.1, 0.15) is 5.82 Å². The number of nitriles is 1. The fraction of sp³-hybridized carbons (Fsp3) is 0.222. The van der Waals surface area contributed by atoms with Crippen molar-refractivity contribution in [2.24, 2.45) is 0 Å². The van der Waals surface area contributed by atoms with Crippen molar-refractivity contribution < 1.29 is 9.13 Å². The molecule has 0 heterocycles. The molecule has 0 unspecified atom stereocenters. The Morgan fingerprint density at radius 3 is 2.92 bits per heavy atom. The van der Waals surface area contributed by atoms with E-state index in [9.17, 15) is 4.39 Å². The second-order valence-electron chi connectivity index (χ2n) is 2.31. The predicted octanol–water partition coefficient (Wildman–Crippen LogP) is 2.39. The first-order chi connectivity index (χ1) is 6.27. The number of hydrogen-bond acceptors (Lipinski definition) is 3. The number of thioether (sulfide) groups is 1. The molecule has 1 aromatic rings. The molecule has 2 nitrogen and oxygen atoms in total. The van der Waals surface area contributed by atoms with E-state index in [1.807, 2.05) is 6.07 Å². The fourth-order valence-corrected chi connectivity index (χ4v) is 1.42. The molecule has 0 aliphatic rings. The van der Waals surface area contributed by atoms with Gasteiger partial charge in [-0.1, -0.05) is 11.8 Å². The molecule has 0 saturated carbocycles. The quantitative estimate of drug-likeness (QED) is 0.551. The lowest BCUT2D eigenvalue weighted by molar-refractivity contribution is 0.258. The van der Waals surface area contributed by atoms with Crippen LogP contribution in [0.5, 0.6) is 0 Å². The highest BCUT2D eigenvalue weighted by atomic mass is 32.2. The van der Waals surface area contributed by atoms with Gasteiger partial charge in [-0.2, -0.15) is 5.26 Å². The molecule has 0 radical (unpaired) electrons. The lowest BCUT2D eigenvalue weighted by Gasteiger charge is -2.01. The number of methoxy groups -OCH3 is 1. The van der Waals surface area contributed by atoms with Gasteiger partial charge >= 0.3 is 0 Å². The van der Waals surface area contributed by atoms with Crippen LogP contribution in [-0.2, 0) is 4.74 Å². The van der Waals surface area contributed by atoms with E-state index in [0.717, 1.165) is 0 Å². The van der Waals surface area contributed by atoms with E-state index >= 15 is 0 Å². The molecule has 0 aromatic heterocycles. The lowest BCUT2D eigenvalue weighted by Crippen LogP contribution is -1.86. The molecule has 4 heteroatoms. The van der Waals surface area contributed by atoms with E-state index in [4.69, 9.17) is 10.00 Å². The van der Waals surface area contributed by atoms with Gasteiger partial charge in [0, 0.05) is 12.0 Å². The molecule has 68 valence electrons. The van der Waals surface area contributed by atoms with Gasteiger partial charge in [-0.15, -0.1) is 0 Å². The van der Waals surface area contributed by atoms with Crippen LogP contribution in [0.15, 0.2) is 23.1 Å². The summed E-state index contributed by atoms with van der Waals surface area (Å²) in [7, 11) is 1.55. The van der Waals surface area contributed by atoms with E-state index < -0.39 is 0 Å². The third-order valence-corrected chi connectivity index (χ3v) is 2.39. The summed E-state index contributed by atoms with van der Waals surface area (Å²) in [6.45, 7) is 0. The molecular weight excluding hydrogens is 189 g/mol. The summed E-state index contributed by atoms with van der Waals surface area (Å²) >= 11 is 1.26. The molecule has 1 aromatic carbocycles. The minimum atomic E-state index is -0.374. The Balaban J connectivity index is 2.81. The van der Waals surface area contributed by atoms with Crippen molar-refractivity contribution in [3.8, 4) is 6.07 Å². The highest BCUT2D eigenvalue weighted by molar-refractivity contribution is 7.99. The van der Waals surface area contributed by atoms with Gasteiger partial charge in [0.05, 0.1) is 17.6 Å². The Hall–Kier alpha value is -1.05. The maximum atomic E-state index is 13.1. The van der Waals surface area contributed by atoms with Crippen LogP contribution >= 0.6 is 11.8 Å². The summed E-state index contributed by atoms with van der Waals surface area (Å²) < 4.78 is 17.9. The molecule has 0 bridgehead atoms. The molecule has 0 N–H and O–H groups in total. The second-order valence-corrected chi connectivity index (χ2v) is 3.27. The Labute approximate surface area is 80.3 Å². The van der Waals surface area contributed by atoms with Gasteiger partial charge in [-0.05, 0) is 18.2 Å². The van der Waals surface area contributed by atoms with Gasteiger partial charge < -0.3 is 4.74 Å². The Morgan fingerprint density at radius 2 is 2.38 bits per heavy atom. The summed E-state index contributed by atoms with van der Waals surface area (Å²) in [5, 5.41) is 8.48. The Bertz CT molecular complexity index is 335. The average molecular weight is 197 g/mol. The van der Waals surface area contributed by atoms with E-state index in [2.05, 4.69) is 0 Å². The van der Waals surface area contributed by atoms with Gasteiger partial charge in [0.25, 0.3) is 0 Å². The lowest BCUT2D eigenvalue weighted by atomic mass is 10.2. The zero-order valence-electron chi connectivity index (χ0n) is 7.08. The maximum absolute atomic E-state index is 13.1. The molecule has 0 saturated heterocycles. The topological polar surface area (TPSA) is 33.0 Å². The molecule has 0 amide bonds. The van der Waals surface area contributed by atoms with Gasteiger partial charge in [0.15, 0.2) is 0 Å². The first-order valence-corrected chi connectivity index (χ1v) is 4.58. The monoisotopic (exact) mass is 197 g/mol. The molecule has 13 heavy (non-hydrogen) atoms. The highest BCUT2D eigenvalue weighted by Gasteiger charge is 2.03. The van der Waals surface area contributed by atoms with E-state index in [-0.39, 0.29) is 5.82 Å². The minimum absolute atomic E-state index is 0.333. The number of ether oxygens (including phenoxy) is 1. The smallest absolute Gasteiger partial charge is 0.138 e. The number of hydrogen-bond donors (Lipinski definition) is 0. The average Bonchev–Trinajstić information content (AvgIpc) is 2.16. The summed E-state index contributed by atoms with van der Waals surface area (Å²) in [4.78, 5) is 0.501. The molecule has 1 rings (SSSR count). The highest BCUT2D eigenvalue weighted by Crippen LogP contribution is 2.22. The van der Waals surface area contributed by atoms with Crippen LogP contribution in [0, 0.1) is 17.1 Å². The first-order valence-electron chi connectivity index (χ1n) is 3.59. The minimum Gasteiger partial charge on any atom is -0.374 e. The van der Waals surface area contributed by atoms with Crippen molar-refractivity contribution in [1.29, 1.82) is 5.26 Å². The first kappa shape index (κ1) is 10.0. The number of halogens is 1. The zero-order valence-corrected chi connectivity index (χ0v) is 7.90. The number of nitrogens with zero attached hydrogens (tertiary/aromatic N) is 1. The van der Waals surface area contributed by atoms with Crippen molar-refractivity contribution in [3.63, 3.8) is 0 Å². The second kappa shape index (κ2) is 4.85. The van der Waals surface area contributed by atoms with Crippen molar-refractivity contribution in [2.45, 2.75) is 4.90 Å². The standard InChI is InChI=1S/C9H8FNOS/c1-12-6-13-9-3-2-7(5-11)4-8(9)10/h2-4H,6H2,1H3. The largest absolute Gasteiger partial charge is 0.374 e. The number of benzene rings is 1. The van der Waals surface area contributed by atoms with Crippen LogP contribution in [0.2, 0.25) is 0 Å². The molecule has 0 aliphatic carbocycles. The van der Waals surface area contributed by atoms with Gasteiger partial charge in [-0.3, -0.25) is 0 Å². The Morgan fingerprint density at radius 1 is 1.62 bits per heavy atom. The molecule has 0 aliphatic heterocycles. The summed E-state index contributed by atoms with van der Waals surface area (Å²) in [6, 6.07) is 6.26. The molecule has 0 fully saturated rings. The molecule has 0 atom stereocenters. The van der Waals surface area contributed by atoms with Crippen LogP contribution in [-0.4, -0.2) is 13.0 Å². The Kier molecular flexibility index (Phi) is 3.74. The third kappa shape index (κ3) is 2.72. The van der Waals surface area contributed by atoms with Crippen LogP contribution < -0.4 is 0 Å². The third-order valence-electron chi connectivity index (χ3n) is 1.39. The summed E-state index contributed by atoms with van der Waals surface area (Å²) in [6.07, 6.45) is 0. The van der Waals surface area contributed by atoms with Crippen LogP contribution in [0.4, 0.5) is 4.39 Å². The van der Waals surface area contributed by atoms with Gasteiger partial charge in [-0.25, -0.2) is 4.39 Å². The predicted molar refractivity (Wildman–Crippen MR) is 48.8 cm³/mol. The van der Waals surface area contributed by atoms with E-state index in [1.54, 1.807) is 19.2 Å². The maximum Gasteiger partial charge on any atom is 0.138 e. The SMILES string of the molecule is COCSc1ccc(C#N)cc1F. The normalized spacial score (nSPS) is 9.62. The van der Waals surface area contributed by atoms with Crippen molar-refractivity contribution in [3.05, 3.63) is 29.6 Å². The summed E-state index contributed by atoms with van der Waals surface area (Å²) in [5.41, 5.74) is 0.333. The molecular formula is C9H8FNOS. The summed E-state index contributed by atoms with van der Waals surface area (Å²) in [5.74, 6) is 0.0316. The van der Waals surface area contributed by atoms with E-state index in [1.165, 1.54) is 17.8 Å². The fourth-order valence-electron chi connectivity index (χ4n) is 0.810. The van der Waals surface area contributed by atoms with E-state index in [0.29, 0.717) is 16.4 Å². The number of rotatable bonds is 3. The van der Waals surface area contributed by atoms with Crippen molar-refractivity contribution in [2.75, 3.05) is 13.0 Å². The van der Waals surface area contributed by atoms with Crippen LogP contribution in [0.3, 0.4) is 0 Å². The van der Waals surface area contributed by atoms with Crippen LogP contribution in [0.1, 0.15) is 5.56 Å². The van der Waals surface area contributed by atoms with Crippen LogP contribution in [0.25, 0.3) is 0 Å². The molecule has 0 spiro atoms. The van der Waals surface area contributed by atoms with Gasteiger partial charge in [0.2, 0.25) is 0 Å².